The summed E-state index contributed by atoms with van der Waals surface area (Å²) in [6.07, 6.45) is 7.02. The molecule has 1 fully saturated rings. The molecule has 1 aromatic rings. The smallest absolute Gasteiger partial charge is 0.309 e. The van der Waals surface area contributed by atoms with Crippen LogP contribution in [-0.2, 0) is 11.2 Å². The highest BCUT2D eigenvalue weighted by molar-refractivity contribution is 5.69. The first-order valence-corrected chi connectivity index (χ1v) is 4.50. The van der Waals surface area contributed by atoms with Crippen molar-refractivity contribution in [3.63, 3.8) is 0 Å². The zero-order chi connectivity index (χ0) is 9.26. The van der Waals surface area contributed by atoms with E-state index in [4.69, 9.17) is 5.11 Å². The maximum absolute atomic E-state index is 10.5. The topological polar surface area (TPSA) is 55.1 Å². The summed E-state index contributed by atoms with van der Waals surface area (Å²) in [6.45, 7) is 0. The van der Waals surface area contributed by atoms with E-state index in [2.05, 4.69) is 4.98 Å². The SMILES string of the molecule is O=C(O)Cc1cncn1C1CCC1. The molecule has 13 heavy (non-hydrogen) atoms. The van der Waals surface area contributed by atoms with Crippen LogP contribution in [-0.4, -0.2) is 20.6 Å². The van der Waals surface area contributed by atoms with Gasteiger partial charge in [-0.25, -0.2) is 4.98 Å². The van der Waals surface area contributed by atoms with Crippen LogP contribution in [0.2, 0.25) is 0 Å². The minimum atomic E-state index is -0.791. The van der Waals surface area contributed by atoms with Crippen molar-refractivity contribution in [1.82, 2.24) is 9.55 Å². The average molecular weight is 180 g/mol. The fourth-order valence-corrected chi connectivity index (χ4v) is 1.62. The van der Waals surface area contributed by atoms with Crippen molar-refractivity contribution in [2.24, 2.45) is 0 Å². The van der Waals surface area contributed by atoms with E-state index in [1.807, 2.05) is 4.57 Å². The van der Waals surface area contributed by atoms with E-state index in [0.29, 0.717) is 6.04 Å². The summed E-state index contributed by atoms with van der Waals surface area (Å²) in [6, 6.07) is 0.497. The molecule has 1 saturated carbocycles. The Balaban J connectivity index is 2.14. The molecule has 0 unspecified atom stereocenters. The fraction of sp³-hybridized carbons (Fsp3) is 0.556. The van der Waals surface area contributed by atoms with Gasteiger partial charge in [-0.3, -0.25) is 4.79 Å². The van der Waals surface area contributed by atoms with E-state index >= 15 is 0 Å². The molecule has 4 nitrogen and oxygen atoms in total. The summed E-state index contributed by atoms with van der Waals surface area (Å²) in [4.78, 5) is 14.5. The Morgan fingerprint density at radius 3 is 3.00 bits per heavy atom. The first kappa shape index (κ1) is 8.29. The summed E-state index contributed by atoms with van der Waals surface area (Å²) >= 11 is 0. The quantitative estimate of drug-likeness (QED) is 0.761. The molecular formula is C9H12N2O2. The summed E-state index contributed by atoms with van der Waals surface area (Å²) in [5.74, 6) is -0.791. The predicted molar refractivity (Wildman–Crippen MR) is 46.5 cm³/mol. The van der Waals surface area contributed by atoms with Gasteiger partial charge in [0.05, 0.1) is 12.7 Å². The van der Waals surface area contributed by atoms with Gasteiger partial charge < -0.3 is 9.67 Å². The van der Waals surface area contributed by atoms with Gasteiger partial charge in [0, 0.05) is 17.9 Å². The molecule has 0 aromatic carbocycles. The number of carboxylic acids is 1. The number of carboxylic acid groups (broad SMARTS) is 1. The fourth-order valence-electron chi connectivity index (χ4n) is 1.62. The van der Waals surface area contributed by atoms with Gasteiger partial charge in [-0.05, 0) is 19.3 Å². The number of imidazole rings is 1. The molecule has 1 heterocycles. The van der Waals surface area contributed by atoms with Crippen LogP contribution >= 0.6 is 0 Å². The van der Waals surface area contributed by atoms with Crippen molar-refractivity contribution in [1.29, 1.82) is 0 Å². The normalized spacial score (nSPS) is 16.9. The molecule has 0 bridgehead atoms. The molecule has 0 spiro atoms. The maximum Gasteiger partial charge on any atom is 0.309 e. The molecule has 2 rings (SSSR count). The highest BCUT2D eigenvalue weighted by Crippen LogP contribution is 2.32. The zero-order valence-electron chi connectivity index (χ0n) is 7.31. The number of hydrogen-bond acceptors (Lipinski definition) is 2. The van der Waals surface area contributed by atoms with E-state index in [9.17, 15) is 4.79 Å². The van der Waals surface area contributed by atoms with E-state index < -0.39 is 5.97 Å². The minimum Gasteiger partial charge on any atom is -0.481 e. The lowest BCUT2D eigenvalue weighted by Gasteiger charge is -2.28. The van der Waals surface area contributed by atoms with Crippen molar-refractivity contribution in [2.75, 3.05) is 0 Å². The first-order valence-electron chi connectivity index (χ1n) is 4.50. The van der Waals surface area contributed by atoms with Crippen LogP contribution in [0.15, 0.2) is 12.5 Å². The molecule has 4 heteroatoms. The largest absolute Gasteiger partial charge is 0.481 e. The third-order valence-corrected chi connectivity index (χ3v) is 2.55. The molecule has 0 amide bonds. The van der Waals surface area contributed by atoms with E-state index in [1.165, 1.54) is 6.42 Å². The predicted octanol–water partition coefficient (Wildman–Crippen LogP) is 1.24. The molecule has 0 radical (unpaired) electrons. The number of rotatable bonds is 3. The Kier molecular flexibility index (Phi) is 2.04. The van der Waals surface area contributed by atoms with Gasteiger partial charge in [0.25, 0.3) is 0 Å². The Morgan fingerprint density at radius 1 is 1.69 bits per heavy atom. The van der Waals surface area contributed by atoms with Gasteiger partial charge in [-0.2, -0.15) is 0 Å². The van der Waals surface area contributed by atoms with Gasteiger partial charge in [0.15, 0.2) is 0 Å². The molecule has 1 aliphatic carbocycles. The first-order chi connectivity index (χ1) is 6.27. The highest BCUT2D eigenvalue weighted by atomic mass is 16.4. The van der Waals surface area contributed by atoms with Crippen LogP contribution in [0.4, 0.5) is 0 Å². The summed E-state index contributed by atoms with van der Waals surface area (Å²) in [7, 11) is 0. The van der Waals surface area contributed by atoms with Gasteiger partial charge in [0.2, 0.25) is 0 Å². The lowest BCUT2D eigenvalue weighted by molar-refractivity contribution is -0.136. The zero-order valence-corrected chi connectivity index (χ0v) is 7.31. The summed E-state index contributed by atoms with van der Waals surface area (Å²) < 4.78 is 2.00. The van der Waals surface area contributed by atoms with Crippen LogP contribution < -0.4 is 0 Å². The van der Waals surface area contributed by atoms with Crippen LogP contribution in [0.1, 0.15) is 31.0 Å². The molecule has 1 aromatic heterocycles. The molecule has 0 saturated heterocycles. The second kappa shape index (κ2) is 3.20. The van der Waals surface area contributed by atoms with Gasteiger partial charge in [-0.1, -0.05) is 0 Å². The number of carbonyl (C=O) groups is 1. The van der Waals surface area contributed by atoms with Crippen molar-refractivity contribution < 1.29 is 9.90 Å². The van der Waals surface area contributed by atoms with Gasteiger partial charge >= 0.3 is 5.97 Å². The number of aromatic nitrogens is 2. The van der Waals surface area contributed by atoms with Gasteiger partial charge in [0.1, 0.15) is 0 Å². The number of hydrogen-bond donors (Lipinski definition) is 1. The molecule has 1 N–H and O–H groups in total. The molecule has 0 atom stereocenters. The second-order valence-corrected chi connectivity index (χ2v) is 3.45. The van der Waals surface area contributed by atoms with E-state index in [0.717, 1.165) is 18.5 Å². The third kappa shape index (κ3) is 1.56. The Hall–Kier alpha value is -1.32. The lowest BCUT2D eigenvalue weighted by Crippen LogP contribution is -2.19. The van der Waals surface area contributed by atoms with Crippen molar-refractivity contribution >= 4 is 5.97 Å². The Labute approximate surface area is 76.2 Å². The Bertz CT molecular complexity index is 315. The van der Waals surface area contributed by atoms with Crippen LogP contribution in [0.25, 0.3) is 0 Å². The van der Waals surface area contributed by atoms with Crippen molar-refractivity contribution in [3.8, 4) is 0 Å². The van der Waals surface area contributed by atoms with Crippen LogP contribution in [0.5, 0.6) is 0 Å². The van der Waals surface area contributed by atoms with Gasteiger partial charge in [-0.15, -0.1) is 0 Å². The monoisotopic (exact) mass is 180 g/mol. The van der Waals surface area contributed by atoms with Crippen molar-refractivity contribution in [3.05, 3.63) is 18.2 Å². The molecule has 0 aliphatic heterocycles. The van der Waals surface area contributed by atoms with E-state index in [-0.39, 0.29) is 6.42 Å². The summed E-state index contributed by atoms with van der Waals surface area (Å²) in [5, 5.41) is 8.64. The number of nitrogens with zero attached hydrogens (tertiary/aromatic N) is 2. The van der Waals surface area contributed by atoms with Crippen LogP contribution in [0.3, 0.4) is 0 Å². The maximum atomic E-state index is 10.5. The molecule has 1 aliphatic rings. The Morgan fingerprint density at radius 2 is 2.46 bits per heavy atom. The second-order valence-electron chi connectivity index (χ2n) is 3.45. The average Bonchev–Trinajstić information content (AvgIpc) is 2.32. The van der Waals surface area contributed by atoms with E-state index in [1.54, 1.807) is 12.5 Å². The third-order valence-electron chi connectivity index (χ3n) is 2.55. The number of aliphatic carboxylic acids is 1. The molecule has 70 valence electrons. The standard InChI is InChI=1S/C9H12N2O2/c12-9(13)4-8-5-10-6-11(8)7-2-1-3-7/h5-7H,1-4H2,(H,12,13). The minimum absolute atomic E-state index is 0.0799. The van der Waals surface area contributed by atoms with Crippen molar-refractivity contribution in [2.45, 2.75) is 31.7 Å². The van der Waals surface area contributed by atoms with Crippen LogP contribution in [0, 0.1) is 0 Å². The lowest BCUT2D eigenvalue weighted by atomic mass is 9.92. The molecular weight excluding hydrogens is 168 g/mol. The summed E-state index contributed by atoms with van der Waals surface area (Å²) in [5.41, 5.74) is 0.817. The highest BCUT2D eigenvalue weighted by Gasteiger charge is 2.21.